The molecule has 1 heterocycles. The monoisotopic (exact) mass is 257 g/mol. The molecule has 0 aliphatic rings. The quantitative estimate of drug-likeness (QED) is 0.811. The molecule has 1 rings (SSSR count). The molecule has 0 aliphatic heterocycles. The maximum atomic E-state index is 9.26. The van der Waals surface area contributed by atoms with Gasteiger partial charge in [-0.25, -0.2) is 0 Å². The molecule has 3 atom stereocenters. The highest BCUT2D eigenvalue weighted by molar-refractivity contribution is 7.99. The Morgan fingerprint density at radius 2 is 2.18 bits per heavy atom. The van der Waals surface area contributed by atoms with Gasteiger partial charge in [0.15, 0.2) is 0 Å². The molecule has 98 valence electrons. The van der Waals surface area contributed by atoms with Crippen LogP contribution in [-0.4, -0.2) is 39.0 Å². The van der Waals surface area contributed by atoms with E-state index in [1.54, 1.807) is 11.8 Å². The molecule has 0 amide bonds. The highest BCUT2D eigenvalue weighted by atomic mass is 32.2. The van der Waals surface area contributed by atoms with Crippen LogP contribution in [-0.2, 0) is 7.05 Å². The first kappa shape index (κ1) is 14.5. The standard InChI is InChI=1S/C12H23N3OS/c1-8(11-6-13-15(4)10(11)3)14-9(2)12(7-16)17-5/h6,8-9,12,14,16H,7H2,1-5H3. The van der Waals surface area contributed by atoms with Gasteiger partial charge in [0.1, 0.15) is 0 Å². The molecule has 5 heteroatoms. The predicted octanol–water partition coefficient (Wildman–Crippen LogP) is 1.49. The summed E-state index contributed by atoms with van der Waals surface area (Å²) in [6.07, 6.45) is 3.94. The van der Waals surface area contributed by atoms with Crippen LogP contribution in [0.15, 0.2) is 6.20 Å². The van der Waals surface area contributed by atoms with E-state index >= 15 is 0 Å². The molecule has 1 aromatic heterocycles. The Balaban J connectivity index is 2.66. The predicted molar refractivity (Wildman–Crippen MR) is 73.3 cm³/mol. The van der Waals surface area contributed by atoms with Crippen molar-refractivity contribution < 1.29 is 5.11 Å². The van der Waals surface area contributed by atoms with Gasteiger partial charge >= 0.3 is 0 Å². The lowest BCUT2D eigenvalue weighted by atomic mass is 10.1. The smallest absolute Gasteiger partial charge is 0.0564 e. The van der Waals surface area contributed by atoms with Crippen molar-refractivity contribution in [2.45, 2.75) is 38.1 Å². The van der Waals surface area contributed by atoms with Crippen molar-refractivity contribution in [1.29, 1.82) is 0 Å². The van der Waals surface area contributed by atoms with Gasteiger partial charge in [-0.1, -0.05) is 0 Å². The molecule has 0 aliphatic carbocycles. The normalized spacial score (nSPS) is 16.8. The van der Waals surface area contributed by atoms with Crippen molar-refractivity contribution in [3.05, 3.63) is 17.5 Å². The number of rotatable bonds is 6. The lowest BCUT2D eigenvalue weighted by molar-refractivity contribution is 0.271. The van der Waals surface area contributed by atoms with Crippen molar-refractivity contribution in [1.82, 2.24) is 15.1 Å². The summed E-state index contributed by atoms with van der Waals surface area (Å²) in [6.45, 7) is 6.52. The Labute approximate surface area is 108 Å². The van der Waals surface area contributed by atoms with Gasteiger partial charge in [-0.2, -0.15) is 16.9 Å². The van der Waals surface area contributed by atoms with Crippen LogP contribution in [0.25, 0.3) is 0 Å². The number of hydrogen-bond acceptors (Lipinski definition) is 4. The summed E-state index contributed by atoms with van der Waals surface area (Å²) in [6, 6.07) is 0.518. The average Bonchev–Trinajstić information content (AvgIpc) is 2.61. The number of thioether (sulfide) groups is 1. The maximum Gasteiger partial charge on any atom is 0.0564 e. The number of aliphatic hydroxyl groups is 1. The Morgan fingerprint density at radius 3 is 2.59 bits per heavy atom. The van der Waals surface area contributed by atoms with Crippen molar-refractivity contribution in [2.24, 2.45) is 7.05 Å². The van der Waals surface area contributed by atoms with Crippen molar-refractivity contribution in [2.75, 3.05) is 12.9 Å². The zero-order chi connectivity index (χ0) is 13.0. The second-order valence-corrected chi connectivity index (χ2v) is 5.52. The third kappa shape index (κ3) is 3.47. The summed E-state index contributed by atoms with van der Waals surface area (Å²) < 4.78 is 1.89. The van der Waals surface area contributed by atoms with Crippen LogP contribution in [0.2, 0.25) is 0 Å². The molecule has 2 N–H and O–H groups in total. The Morgan fingerprint density at radius 1 is 1.53 bits per heavy atom. The lowest BCUT2D eigenvalue weighted by Gasteiger charge is -2.25. The third-order valence-electron chi connectivity index (χ3n) is 3.29. The fourth-order valence-electron chi connectivity index (χ4n) is 1.97. The second kappa shape index (κ2) is 6.42. The second-order valence-electron chi connectivity index (χ2n) is 4.44. The fourth-order valence-corrected chi connectivity index (χ4v) is 2.60. The molecular formula is C12H23N3OS. The topological polar surface area (TPSA) is 50.1 Å². The van der Waals surface area contributed by atoms with Gasteiger partial charge in [0, 0.05) is 35.6 Å². The van der Waals surface area contributed by atoms with E-state index in [-0.39, 0.29) is 23.9 Å². The van der Waals surface area contributed by atoms with Gasteiger partial charge in [-0.3, -0.25) is 4.68 Å². The van der Waals surface area contributed by atoms with Gasteiger partial charge in [-0.15, -0.1) is 0 Å². The van der Waals surface area contributed by atoms with Gasteiger partial charge in [-0.05, 0) is 27.0 Å². The first-order valence-corrected chi connectivity index (χ1v) is 7.18. The first-order valence-electron chi connectivity index (χ1n) is 5.89. The van der Waals surface area contributed by atoms with E-state index in [1.807, 2.05) is 24.2 Å². The highest BCUT2D eigenvalue weighted by Gasteiger charge is 2.19. The number of aliphatic hydroxyl groups excluding tert-OH is 1. The zero-order valence-corrected chi connectivity index (χ0v) is 12.1. The van der Waals surface area contributed by atoms with Crippen LogP contribution in [0.1, 0.15) is 31.1 Å². The SMILES string of the molecule is CSC(CO)C(C)NC(C)c1cnn(C)c1C. The number of nitrogens with one attached hydrogen (secondary N) is 1. The molecule has 0 saturated carbocycles. The number of aromatic nitrogens is 2. The minimum absolute atomic E-state index is 0.202. The fraction of sp³-hybridized carbons (Fsp3) is 0.750. The van der Waals surface area contributed by atoms with E-state index in [1.165, 1.54) is 11.3 Å². The maximum absolute atomic E-state index is 9.26. The molecule has 4 nitrogen and oxygen atoms in total. The Hall–Kier alpha value is -0.520. The van der Waals surface area contributed by atoms with E-state index in [0.29, 0.717) is 0 Å². The number of aryl methyl sites for hydroxylation is 1. The molecule has 0 saturated heterocycles. The molecule has 0 aromatic carbocycles. The van der Waals surface area contributed by atoms with E-state index in [2.05, 4.69) is 31.2 Å². The molecular weight excluding hydrogens is 234 g/mol. The minimum Gasteiger partial charge on any atom is -0.395 e. The molecule has 0 fully saturated rings. The Bertz CT molecular complexity index is 350. The summed E-state index contributed by atoms with van der Waals surface area (Å²) in [7, 11) is 1.95. The highest BCUT2D eigenvalue weighted by Crippen LogP contribution is 2.19. The average molecular weight is 257 g/mol. The Kier molecular flexibility index (Phi) is 5.49. The van der Waals surface area contributed by atoms with Crippen molar-refractivity contribution in [3.63, 3.8) is 0 Å². The lowest BCUT2D eigenvalue weighted by Crippen LogP contribution is -2.39. The van der Waals surface area contributed by atoms with Crippen molar-refractivity contribution >= 4 is 11.8 Å². The first-order chi connectivity index (χ1) is 8.01. The van der Waals surface area contributed by atoms with Crippen LogP contribution in [0, 0.1) is 6.92 Å². The zero-order valence-electron chi connectivity index (χ0n) is 11.3. The van der Waals surface area contributed by atoms with Gasteiger partial charge < -0.3 is 10.4 Å². The summed E-state index contributed by atoms with van der Waals surface area (Å²) in [5.74, 6) is 0. The van der Waals surface area contributed by atoms with Crippen LogP contribution >= 0.6 is 11.8 Å². The van der Waals surface area contributed by atoms with Gasteiger partial charge in [0.25, 0.3) is 0 Å². The molecule has 0 spiro atoms. The van der Waals surface area contributed by atoms with Crippen LogP contribution in [0.4, 0.5) is 0 Å². The third-order valence-corrected chi connectivity index (χ3v) is 4.46. The van der Waals surface area contributed by atoms with Gasteiger partial charge in [0.05, 0.1) is 12.8 Å². The molecule has 3 unspecified atom stereocenters. The van der Waals surface area contributed by atoms with Crippen LogP contribution in [0.3, 0.4) is 0 Å². The molecule has 1 aromatic rings. The summed E-state index contributed by atoms with van der Waals surface area (Å²) in [4.78, 5) is 0. The van der Waals surface area contributed by atoms with E-state index in [9.17, 15) is 5.11 Å². The minimum atomic E-state index is 0.202. The summed E-state index contributed by atoms with van der Waals surface area (Å²) in [5.41, 5.74) is 2.40. The number of hydrogen-bond donors (Lipinski definition) is 2. The van der Waals surface area contributed by atoms with Crippen LogP contribution in [0.5, 0.6) is 0 Å². The molecule has 17 heavy (non-hydrogen) atoms. The summed E-state index contributed by atoms with van der Waals surface area (Å²) >= 11 is 1.69. The van der Waals surface area contributed by atoms with E-state index < -0.39 is 0 Å². The van der Waals surface area contributed by atoms with Crippen LogP contribution < -0.4 is 5.32 Å². The summed E-state index contributed by atoms with van der Waals surface area (Å²) in [5, 5.41) is 17.3. The molecule has 0 radical (unpaired) electrons. The largest absolute Gasteiger partial charge is 0.395 e. The number of nitrogens with zero attached hydrogens (tertiary/aromatic N) is 2. The van der Waals surface area contributed by atoms with Crippen molar-refractivity contribution in [3.8, 4) is 0 Å². The van der Waals surface area contributed by atoms with Gasteiger partial charge in [0.2, 0.25) is 0 Å². The van der Waals surface area contributed by atoms with E-state index in [0.717, 1.165) is 0 Å². The molecule has 0 bridgehead atoms. The van der Waals surface area contributed by atoms with E-state index in [4.69, 9.17) is 0 Å².